The van der Waals surface area contributed by atoms with Crippen LogP contribution in [0.1, 0.15) is 10.4 Å². The highest BCUT2D eigenvalue weighted by Gasteiger charge is 2.08. The highest BCUT2D eigenvalue weighted by atomic mass is 16.3. The Morgan fingerprint density at radius 2 is 2.18 bits per heavy atom. The third-order valence-electron chi connectivity index (χ3n) is 2.33. The Bertz CT molecular complexity index is 494. The molecular weight excluding hydrogens is 218 g/mol. The van der Waals surface area contributed by atoms with Crippen molar-refractivity contribution in [2.75, 3.05) is 6.54 Å². The first-order chi connectivity index (χ1) is 8.27. The Balaban J connectivity index is 1.88. The van der Waals surface area contributed by atoms with Crippen LogP contribution in [0.15, 0.2) is 42.7 Å². The number of nitrogens with one attached hydrogen (secondary N) is 1. The fraction of sp³-hybridized carbons (Fsp3) is 0.167. The number of carbonyl (C=O) groups excluding carboxylic acids is 1. The molecule has 0 aliphatic rings. The van der Waals surface area contributed by atoms with E-state index in [9.17, 15) is 9.90 Å². The monoisotopic (exact) mass is 231 g/mol. The van der Waals surface area contributed by atoms with E-state index in [0.29, 0.717) is 13.1 Å². The van der Waals surface area contributed by atoms with Crippen molar-refractivity contribution >= 4 is 5.91 Å². The number of amides is 1. The molecule has 0 fully saturated rings. The number of hydrogen-bond donors (Lipinski definition) is 2. The van der Waals surface area contributed by atoms with Gasteiger partial charge in [-0.2, -0.15) is 5.10 Å². The van der Waals surface area contributed by atoms with Gasteiger partial charge in [-0.1, -0.05) is 12.1 Å². The highest BCUT2D eigenvalue weighted by molar-refractivity contribution is 5.96. The summed E-state index contributed by atoms with van der Waals surface area (Å²) in [6.45, 7) is 1.07. The van der Waals surface area contributed by atoms with Crippen LogP contribution in [0.5, 0.6) is 5.75 Å². The van der Waals surface area contributed by atoms with Gasteiger partial charge in [-0.25, -0.2) is 0 Å². The predicted octanol–water partition coefficient (Wildman–Crippen LogP) is 1.02. The molecule has 0 aliphatic carbocycles. The first-order valence-corrected chi connectivity index (χ1v) is 5.31. The average Bonchev–Trinajstić information content (AvgIpc) is 2.82. The van der Waals surface area contributed by atoms with Gasteiger partial charge >= 0.3 is 0 Å². The van der Waals surface area contributed by atoms with Gasteiger partial charge in [0.05, 0.1) is 12.1 Å². The van der Waals surface area contributed by atoms with Gasteiger partial charge in [-0.05, 0) is 18.2 Å². The standard InChI is InChI=1S/C12H13N3O2/c16-11-5-2-1-4-10(11)12(17)13-7-9-15-8-3-6-14-15/h1-6,8,16H,7,9H2,(H,13,17). The summed E-state index contributed by atoms with van der Waals surface area (Å²) < 4.78 is 1.73. The number of hydrogen-bond acceptors (Lipinski definition) is 3. The molecule has 5 nitrogen and oxygen atoms in total. The van der Waals surface area contributed by atoms with Gasteiger partial charge in [-0.15, -0.1) is 0 Å². The number of aromatic hydroxyl groups is 1. The second kappa shape index (κ2) is 5.16. The number of phenols is 1. The number of rotatable bonds is 4. The van der Waals surface area contributed by atoms with Crippen molar-refractivity contribution in [3.05, 3.63) is 48.3 Å². The van der Waals surface area contributed by atoms with Crippen LogP contribution in [0.3, 0.4) is 0 Å². The molecule has 0 bridgehead atoms. The summed E-state index contributed by atoms with van der Waals surface area (Å²) >= 11 is 0. The SMILES string of the molecule is O=C(NCCn1cccn1)c1ccccc1O. The van der Waals surface area contributed by atoms with E-state index in [1.807, 2.05) is 12.3 Å². The predicted molar refractivity (Wildman–Crippen MR) is 62.7 cm³/mol. The fourth-order valence-electron chi connectivity index (χ4n) is 1.48. The van der Waals surface area contributed by atoms with Gasteiger partial charge < -0.3 is 10.4 Å². The number of aromatic nitrogens is 2. The molecule has 0 aliphatic heterocycles. The van der Waals surface area contributed by atoms with Gasteiger partial charge in [0.1, 0.15) is 5.75 Å². The smallest absolute Gasteiger partial charge is 0.255 e. The maximum Gasteiger partial charge on any atom is 0.255 e. The van der Waals surface area contributed by atoms with E-state index in [4.69, 9.17) is 0 Å². The molecule has 0 spiro atoms. The lowest BCUT2D eigenvalue weighted by Gasteiger charge is -2.06. The molecule has 1 aromatic carbocycles. The molecule has 0 atom stereocenters. The zero-order valence-electron chi connectivity index (χ0n) is 9.21. The van der Waals surface area contributed by atoms with Gasteiger partial charge in [-0.3, -0.25) is 9.48 Å². The van der Waals surface area contributed by atoms with Gasteiger partial charge in [0.2, 0.25) is 0 Å². The summed E-state index contributed by atoms with van der Waals surface area (Å²) in [6.07, 6.45) is 3.51. The zero-order valence-corrected chi connectivity index (χ0v) is 9.21. The van der Waals surface area contributed by atoms with E-state index in [1.165, 1.54) is 6.07 Å². The molecule has 0 radical (unpaired) electrons. The summed E-state index contributed by atoms with van der Waals surface area (Å²) in [5.74, 6) is -0.292. The molecule has 1 aromatic heterocycles. The Kier molecular flexibility index (Phi) is 3.40. The number of para-hydroxylation sites is 1. The average molecular weight is 231 g/mol. The van der Waals surface area contributed by atoms with Crippen LogP contribution in [0.2, 0.25) is 0 Å². The molecule has 2 aromatic rings. The van der Waals surface area contributed by atoms with Crippen molar-refractivity contribution in [1.82, 2.24) is 15.1 Å². The molecule has 1 heterocycles. The minimum absolute atomic E-state index is 0.0101. The largest absolute Gasteiger partial charge is 0.507 e. The summed E-state index contributed by atoms with van der Waals surface area (Å²) in [4.78, 5) is 11.7. The van der Waals surface area contributed by atoms with E-state index in [0.717, 1.165) is 0 Å². The van der Waals surface area contributed by atoms with E-state index < -0.39 is 0 Å². The number of nitrogens with zero attached hydrogens (tertiary/aromatic N) is 2. The number of benzene rings is 1. The molecule has 0 unspecified atom stereocenters. The van der Waals surface area contributed by atoms with Crippen LogP contribution in [0.4, 0.5) is 0 Å². The Morgan fingerprint density at radius 3 is 2.88 bits per heavy atom. The summed E-state index contributed by atoms with van der Waals surface area (Å²) in [6, 6.07) is 8.28. The van der Waals surface area contributed by atoms with Crippen molar-refractivity contribution in [1.29, 1.82) is 0 Å². The lowest BCUT2D eigenvalue weighted by atomic mass is 10.2. The molecule has 0 saturated carbocycles. The van der Waals surface area contributed by atoms with Crippen molar-refractivity contribution in [2.45, 2.75) is 6.54 Å². The number of carbonyl (C=O) groups is 1. The molecule has 1 amide bonds. The van der Waals surface area contributed by atoms with Crippen LogP contribution >= 0.6 is 0 Å². The molecule has 2 rings (SSSR count). The summed E-state index contributed by atoms with van der Waals surface area (Å²) in [5.41, 5.74) is 0.285. The van der Waals surface area contributed by atoms with E-state index in [2.05, 4.69) is 10.4 Å². The normalized spacial score (nSPS) is 10.1. The zero-order chi connectivity index (χ0) is 12.1. The molecule has 88 valence electrons. The van der Waals surface area contributed by atoms with Crippen molar-refractivity contribution in [3.63, 3.8) is 0 Å². The first-order valence-electron chi connectivity index (χ1n) is 5.31. The maximum absolute atomic E-state index is 11.7. The second-order valence-corrected chi connectivity index (χ2v) is 3.54. The van der Waals surface area contributed by atoms with Crippen LogP contribution in [0, 0.1) is 0 Å². The fourth-order valence-corrected chi connectivity index (χ4v) is 1.48. The van der Waals surface area contributed by atoms with E-state index in [-0.39, 0.29) is 17.2 Å². The maximum atomic E-state index is 11.7. The minimum Gasteiger partial charge on any atom is -0.507 e. The summed E-state index contributed by atoms with van der Waals surface area (Å²) in [5, 5.41) is 16.2. The van der Waals surface area contributed by atoms with Crippen molar-refractivity contribution in [2.24, 2.45) is 0 Å². The summed E-state index contributed by atoms with van der Waals surface area (Å²) in [7, 11) is 0. The van der Waals surface area contributed by atoms with Gasteiger partial charge in [0.15, 0.2) is 0 Å². The van der Waals surface area contributed by atoms with Crippen molar-refractivity contribution in [3.8, 4) is 5.75 Å². The quantitative estimate of drug-likeness (QED) is 0.825. The first kappa shape index (κ1) is 11.2. The van der Waals surface area contributed by atoms with Crippen LogP contribution in [0.25, 0.3) is 0 Å². The lowest BCUT2D eigenvalue weighted by Crippen LogP contribution is -2.27. The Hall–Kier alpha value is -2.30. The van der Waals surface area contributed by atoms with Crippen molar-refractivity contribution < 1.29 is 9.90 Å². The second-order valence-electron chi connectivity index (χ2n) is 3.54. The van der Waals surface area contributed by atoms with Crippen LogP contribution in [-0.2, 0) is 6.54 Å². The van der Waals surface area contributed by atoms with Gasteiger partial charge in [0.25, 0.3) is 5.91 Å². The Morgan fingerprint density at radius 1 is 1.35 bits per heavy atom. The van der Waals surface area contributed by atoms with E-state index in [1.54, 1.807) is 29.1 Å². The third-order valence-corrected chi connectivity index (χ3v) is 2.33. The van der Waals surface area contributed by atoms with E-state index >= 15 is 0 Å². The van der Waals surface area contributed by atoms with Crippen LogP contribution in [-0.4, -0.2) is 27.3 Å². The van der Waals surface area contributed by atoms with Crippen LogP contribution < -0.4 is 5.32 Å². The molecule has 5 heteroatoms. The topological polar surface area (TPSA) is 67.2 Å². The Labute approximate surface area is 98.7 Å². The molecular formula is C12H13N3O2. The molecule has 17 heavy (non-hydrogen) atoms. The van der Waals surface area contributed by atoms with Gasteiger partial charge in [0, 0.05) is 18.9 Å². The highest BCUT2D eigenvalue weighted by Crippen LogP contribution is 2.14. The lowest BCUT2D eigenvalue weighted by molar-refractivity contribution is 0.0949. The third kappa shape index (κ3) is 2.84. The molecule has 0 saturated heterocycles. The minimum atomic E-state index is -0.282. The molecule has 2 N–H and O–H groups in total. The number of phenolic OH excluding ortho intramolecular Hbond substituents is 1.